The number of fused-ring (bicyclic) bond motifs is 1. The molecule has 0 bridgehead atoms. The zero-order valence-electron chi connectivity index (χ0n) is 16.6. The molecule has 1 N–H and O–H groups in total. The van der Waals surface area contributed by atoms with Crippen LogP contribution in [0.2, 0.25) is 0 Å². The number of rotatable bonds is 3. The summed E-state index contributed by atoms with van der Waals surface area (Å²) in [4.78, 5) is 8.50. The number of nitriles is 1. The number of hydrogen-bond donors (Lipinski definition) is 1. The lowest BCUT2D eigenvalue weighted by Gasteiger charge is -2.06. The van der Waals surface area contributed by atoms with Gasteiger partial charge in [-0.15, -0.1) is 0 Å². The van der Waals surface area contributed by atoms with E-state index in [-0.39, 0.29) is 5.71 Å². The summed E-state index contributed by atoms with van der Waals surface area (Å²) in [6, 6.07) is 15.2. The maximum atomic E-state index is 12.4. The summed E-state index contributed by atoms with van der Waals surface area (Å²) in [5, 5.41) is 19.5. The molecule has 150 valence electrons. The molecule has 7 heteroatoms. The van der Waals surface area contributed by atoms with Crippen molar-refractivity contribution in [3.8, 4) is 6.07 Å². The Balaban J connectivity index is 0.000000187. The first-order chi connectivity index (χ1) is 14.5. The van der Waals surface area contributed by atoms with Gasteiger partial charge in [-0.1, -0.05) is 5.16 Å². The van der Waals surface area contributed by atoms with Crippen molar-refractivity contribution in [2.45, 2.75) is 20.4 Å². The van der Waals surface area contributed by atoms with Crippen LogP contribution in [0.25, 0.3) is 11.0 Å². The molecule has 4 aromatic rings. The zero-order chi connectivity index (χ0) is 21.5. The Labute approximate surface area is 173 Å². The van der Waals surface area contributed by atoms with E-state index < -0.39 is 5.82 Å². The Hall–Kier alpha value is -4.05. The van der Waals surface area contributed by atoms with Crippen LogP contribution < -0.4 is 0 Å². The summed E-state index contributed by atoms with van der Waals surface area (Å²) >= 11 is 0. The van der Waals surface area contributed by atoms with Crippen molar-refractivity contribution in [1.29, 1.82) is 5.26 Å². The predicted molar refractivity (Wildman–Crippen MR) is 113 cm³/mol. The van der Waals surface area contributed by atoms with Gasteiger partial charge in [0.05, 0.1) is 17.4 Å². The van der Waals surface area contributed by atoms with Gasteiger partial charge in [-0.2, -0.15) is 5.26 Å². The molecule has 2 aromatic heterocycles. The Bertz CT molecular complexity index is 1210. The molecule has 0 radical (unpaired) electrons. The van der Waals surface area contributed by atoms with Gasteiger partial charge in [0, 0.05) is 24.5 Å². The van der Waals surface area contributed by atoms with Crippen LogP contribution in [0.4, 0.5) is 4.39 Å². The van der Waals surface area contributed by atoms with E-state index >= 15 is 0 Å². The lowest BCUT2D eigenvalue weighted by atomic mass is 10.1. The summed E-state index contributed by atoms with van der Waals surface area (Å²) in [5.41, 5.74) is 6.34. The van der Waals surface area contributed by atoms with Crippen LogP contribution in [0.1, 0.15) is 22.3 Å². The van der Waals surface area contributed by atoms with Gasteiger partial charge in [0.1, 0.15) is 11.9 Å². The molecule has 4 rings (SSSR count). The normalized spacial score (nSPS) is 10.9. The highest BCUT2D eigenvalue weighted by molar-refractivity contribution is 6.11. The van der Waals surface area contributed by atoms with Crippen molar-refractivity contribution < 1.29 is 9.60 Å². The summed E-state index contributed by atoms with van der Waals surface area (Å²) in [6.45, 7) is 5.09. The number of nitrogens with zero attached hydrogens (tertiary/aromatic N) is 5. The Morgan fingerprint density at radius 1 is 1.10 bits per heavy atom. The first-order valence-corrected chi connectivity index (χ1v) is 9.21. The third-order valence-electron chi connectivity index (χ3n) is 4.66. The van der Waals surface area contributed by atoms with E-state index in [4.69, 9.17) is 10.5 Å². The summed E-state index contributed by atoms with van der Waals surface area (Å²) in [7, 11) is 0. The molecule has 0 saturated heterocycles. The molecular formula is C23H20FN5O. The highest BCUT2D eigenvalue weighted by Gasteiger charge is 2.05. The van der Waals surface area contributed by atoms with Gasteiger partial charge in [-0.25, -0.2) is 9.37 Å². The smallest absolute Gasteiger partial charge is 0.186 e. The summed E-state index contributed by atoms with van der Waals surface area (Å²) in [6.07, 6.45) is 5.55. The largest absolute Gasteiger partial charge is 0.410 e. The minimum Gasteiger partial charge on any atom is -0.410 e. The van der Waals surface area contributed by atoms with E-state index in [1.54, 1.807) is 6.07 Å². The molecule has 0 amide bonds. The van der Waals surface area contributed by atoms with Crippen molar-refractivity contribution in [3.05, 3.63) is 95.3 Å². The number of halogens is 1. The van der Waals surface area contributed by atoms with Gasteiger partial charge >= 0.3 is 0 Å². The minimum atomic E-state index is -0.394. The van der Waals surface area contributed by atoms with Gasteiger partial charge < -0.3 is 9.77 Å². The molecule has 0 atom stereocenters. The number of benzene rings is 2. The van der Waals surface area contributed by atoms with E-state index in [9.17, 15) is 4.39 Å². The van der Waals surface area contributed by atoms with Crippen LogP contribution in [0.15, 0.2) is 72.4 Å². The summed E-state index contributed by atoms with van der Waals surface area (Å²) in [5.74, 6) is -0.394. The van der Waals surface area contributed by atoms with Gasteiger partial charge in [0.25, 0.3) is 0 Å². The second kappa shape index (κ2) is 9.43. The topological polar surface area (TPSA) is 87.1 Å². The molecule has 2 aromatic carbocycles. The SMILES string of the molecule is Cc1cc2ncn(Cc3ccncc3)c2cc1C.N#C/C(=N\O)c1ccc(F)cc1. The Kier molecular flexibility index (Phi) is 6.50. The van der Waals surface area contributed by atoms with Crippen LogP contribution in [0.3, 0.4) is 0 Å². The highest BCUT2D eigenvalue weighted by Crippen LogP contribution is 2.19. The number of pyridine rings is 1. The maximum Gasteiger partial charge on any atom is 0.186 e. The highest BCUT2D eigenvalue weighted by atomic mass is 19.1. The monoisotopic (exact) mass is 401 g/mol. The quantitative estimate of drug-likeness (QED) is 0.308. The first-order valence-electron chi connectivity index (χ1n) is 9.21. The third-order valence-corrected chi connectivity index (χ3v) is 4.66. The van der Waals surface area contributed by atoms with Crippen LogP contribution in [-0.4, -0.2) is 25.5 Å². The number of hydrogen-bond acceptors (Lipinski definition) is 5. The van der Waals surface area contributed by atoms with E-state index in [2.05, 4.69) is 45.7 Å². The van der Waals surface area contributed by atoms with Crippen LogP contribution >= 0.6 is 0 Å². The fraction of sp³-hybridized carbons (Fsp3) is 0.130. The average molecular weight is 401 g/mol. The molecule has 30 heavy (non-hydrogen) atoms. The van der Waals surface area contributed by atoms with Gasteiger partial charge in [-0.3, -0.25) is 4.98 Å². The zero-order valence-corrected chi connectivity index (χ0v) is 16.6. The number of aromatic nitrogens is 3. The molecule has 0 aliphatic heterocycles. The molecule has 2 heterocycles. The Morgan fingerprint density at radius 3 is 2.40 bits per heavy atom. The lowest BCUT2D eigenvalue weighted by Crippen LogP contribution is -1.98. The van der Waals surface area contributed by atoms with Gasteiger partial charge in [-0.05, 0) is 79.1 Å². The van der Waals surface area contributed by atoms with E-state index in [0.717, 1.165) is 12.1 Å². The Morgan fingerprint density at radius 2 is 1.77 bits per heavy atom. The fourth-order valence-corrected chi connectivity index (χ4v) is 2.88. The van der Waals surface area contributed by atoms with E-state index in [0.29, 0.717) is 5.56 Å². The molecule has 0 spiro atoms. The molecule has 0 fully saturated rings. The second-order valence-corrected chi connectivity index (χ2v) is 6.72. The average Bonchev–Trinajstić information content (AvgIpc) is 3.13. The first kappa shape index (κ1) is 20.7. The van der Waals surface area contributed by atoms with Crippen molar-refractivity contribution in [2.75, 3.05) is 0 Å². The molecular weight excluding hydrogens is 381 g/mol. The van der Waals surface area contributed by atoms with Gasteiger partial charge in [0.15, 0.2) is 5.71 Å². The van der Waals surface area contributed by atoms with Crippen LogP contribution in [0, 0.1) is 31.0 Å². The van der Waals surface area contributed by atoms with E-state index in [1.807, 2.05) is 30.9 Å². The van der Waals surface area contributed by atoms with E-state index in [1.165, 1.54) is 46.5 Å². The van der Waals surface area contributed by atoms with Crippen molar-refractivity contribution in [1.82, 2.24) is 14.5 Å². The predicted octanol–water partition coefficient (Wildman–Crippen LogP) is 4.62. The third kappa shape index (κ3) is 4.86. The summed E-state index contributed by atoms with van der Waals surface area (Å²) < 4.78 is 14.6. The van der Waals surface area contributed by atoms with Crippen molar-refractivity contribution in [3.63, 3.8) is 0 Å². The molecule has 6 nitrogen and oxygen atoms in total. The lowest BCUT2D eigenvalue weighted by molar-refractivity contribution is 0.320. The molecule has 0 aliphatic carbocycles. The van der Waals surface area contributed by atoms with Crippen molar-refractivity contribution in [2.24, 2.45) is 5.16 Å². The van der Waals surface area contributed by atoms with Gasteiger partial charge in [0.2, 0.25) is 0 Å². The molecule has 0 aliphatic rings. The fourth-order valence-electron chi connectivity index (χ4n) is 2.88. The van der Waals surface area contributed by atoms with Crippen LogP contribution in [-0.2, 0) is 6.54 Å². The second-order valence-electron chi connectivity index (χ2n) is 6.72. The number of imidazole rings is 1. The van der Waals surface area contributed by atoms with Crippen molar-refractivity contribution >= 4 is 16.7 Å². The molecule has 0 saturated carbocycles. The number of oxime groups is 1. The van der Waals surface area contributed by atoms with Crippen LogP contribution in [0.5, 0.6) is 0 Å². The minimum absolute atomic E-state index is 0.130. The number of aryl methyl sites for hydroxylation is 2. The maximum absolute atomic E-state index is 12.4. The standard InChI is InChI=1S/C15H15N3.C8H5FN2O/c1-11-7-14-15(8-12(11)2)18(10-17-14)9-13-3-5-16-6-4-13;9-7-3-1-6(2-4-7)8(5-10)11-12/h3-8,10H,9H2,1-2H3;1-4,12H/b;11-8+. The molecule has 0 unspecified atom stereocenters.